The van der Waals surface area contributed by atoms with Crippen molar-refractivity contribution in [2.24, 2.45) is 0 Å². The molecule has 1 aliphatic rings. The average molecular weight is 405 g/mol. The lowest BCUT2D eigenvalue weighted by molar-refractivity contribution is 0.0727. The molecule has 0 saturated heterocycles. The van der Waals surface area contributed by atoms with Gasteiger partial charge in [-0.2, -0.15) is 0 Å². The summed E-state index contributed by atoms with van der Waals surface area (Å²) in [5, 5.41) is 3.43. The quantitative estimate of drug-likeness (QED) is 0.643. The Labute approximate surface area is 175 Å². The van der Waals surface area contributed by atoms with Crippen LogP contribution >= 0.6 is 0 Å². The van der Waals surface area contributed by atoms with Crippen LogP contribution in [0.15, 0.2) is 60.8 Å². The van der Waals surface area contributed by atoms with Crippen LogP contribution in [0.4, 0.5) is 5.69 Å². The molecule has 7 nitrogen and oxygen atoms in total. The molecule has 1 aliphatic heterocycles. The van der Waals surface area contributed by atoms with Gasteiger partial charge >= 0.3 is 0 Å². The molecule has 0 bridgehead atoms. The van der Waals surface area contributed by atoms with E-state index in [1.165, 1.54) is 0 Å². The van der Waals surface area contributed by atoms with E-state index in [-0.39, 0.29) is 5.91 Å². The number of nitrogens with one attached hydrogen (secondary N) is 1. The molecule has 154 valence electrons. The third-order valence-electron chi connectivity index (χ3n) is 5.06. The molecule has 3 aromatic rings. The van der Waals surface area contributed by atoms with Crippen molar-refractivity contribution in [3.05, 3.63) is 77.6 Å². The largest absolute Gasteiger partial charge is 0.493 e. The van der Waals surface area contributed by atoms with Gasteiger partial charge in [0.2, 0.25) is 5.75 Å². The molecule has 2 heterocycles. The van der Waals surface area contributed by atoms with Crippen LogP contribution in [0.5, 0.6) is 17.2 Å². The second-order valence-electron chi connectivity index (χ2n) is 6.82. The van der Waals surface area contributed by atoms with Gasteiger partial charge in [0, 0.05) is 30.6 Å². The van der Waals surface area contributed by atoms with Crippen molar-refractivity contribution in [3.63, 3.8) is 0 Å². The third kappa shape index (κ3) is 3.50. The number of methoxy groups -OCH3 is 3. The number of nitrogens with zero attached hydrogens (tertiary/aromatic N) is 2. The van der Waals surface area contributed by atoms with E-state index < -0.39 is 6.17 Å². The maximum atomic E-state index is 13.1. The van der Waals surface area contributed by atoms with Crippen LogP contribution in [0.25, 0.3) is 0 Å². The molecule has 1 aromatic heterocycles. The van der Waals surface area contributed by atoms with Crippen LogP contribution in [0.2, 0.25) is 0 Å². The maximum absolute atomic E-state index is 13.1. The number of amides is 1. The third-order valence-corrected chi connectivity index (χ3v) is 5.06. The van der Waals surface area contributed by atoms with E-state index in [0.717, 1.165) is 11.3 Å². The van der Waals surface area contributed by atoms with Crippen LogP contribution in [0, 0.1) is 0 Å². The second-order valence-corrected chi connectivity index (χ2v) is 6.82. The van der Waals surface area contributed by atoms with Crippen molar-refractivity contribution < 1.29 is 19.0 Å². The fourth-order valence-electron chi connectivity index (χ4n) is 3.65. The van der Waals surface area contributed by atoms with Gasteiger partial charge < -0.3 is 24.4 Å². The molecule has 7 heteroatoms. The van der Waals surface area contributed by atoms with Gasteiger partial charge in [-0.25, -0.2) is 0 Å². The molecule has 4 rings (SSSR count). The number of ether oxygens (including phenoxy) is 3. The SMILES string of the molecule is COc1cc(NC2c3ncccc3C(=O)N2Cc2ccccc2)cc(OC)c1OC. The zero-order chi connectivity index (χ0) is 21.1. The van der Waals surface area contributed by atoms with Crippen molar-refractivity contribution in [1.82, 2.24) is 9.88 Å². The summed E-state index contributed by atoms with van der Waals surface area (Å²) in [6.45, 7) is 0.456. The van der Waals surface area contributed by atoms with Gasteiger partial charge in [0.15, 0.2) is 11.5 Å². The Hall–Kier alpha value is -3.74. The zero-order valence-electron chi connectivity index (χ0n) is 17.1. The Morgan fingerprint density at radius 3 is 2.30 bits per heavy atom. The van der Waals surface area contributed by atoms with E-state index in [9.17, 15) is 4.79 Å². The highest BCUT2D eigenvalue weighted by atomic mass is 16.5. The van der Waals surface area contributed by atoms with E-state index in [2.05, 4.69) is 10.3 Å². The van der Waals surface area contributed by atoms with Crippen LogP contribution in [0.1, 0.15) is 27.8 Å². The molecule has 2 aromatic carbocycles. The lowest BCUT2D eigenvalue weighted by atomic mass is 10.2. The van der Waals surface area contributed by atoms with E-state index in [1.54, 1.807) is 44.6 Å². The summed E-state index contributed by atoms with van der Waals surface area (Å²) in [5.74, 6) is 1.50. The number of anilines is 1. The molecule has 0 fully saturated rings. The van der Waals surface area contributed by atoms with Crippen LogP contribution in [0.3, 0.4) is 0 Å². The monoisotopic (exact) mass is 405 g/mol. The summed E-state index contributed by atoms with van der Waals surface area (Å²) in [6, 6.07) is 17.1. The number of carbonyl (C=O) groups excluding carboxylic acids is 1. The number of pyridine rings is 1. The van der Waals surface area contributed by atoms with Gasteiger partial charge in [-0.1, -0.05) is 30.3 Å². The Morgan fingerprint density at radius 2 is 1.67 bits per heavy atom. The smallest absolute Gasteiger partial charge is 0.258 e. The van der Waals surface area contributed by atoms with E-state index >= 15 is 0 Å². The number of benzene rings is 2. The first-order valence-electron chi connectivity index (χ1n) is 9.52. The van der Waals surface area contributed by atoms with Gasteiger partial charge in [-0.15, -0.1) is 0 Å². The minimum absolute atomic E-state index is 0.0631. The van der Waals surface area contributed by atoms with Gasteiger partial charge in [0.25, 0.3) is 5.91 Å². The number of hydrogen-bond donors (Lipinski definition) is 1. The highest BCUT2D eigenvalue weighted by Crippen LogP contribution is 2.42. The minimum Gasteiger partial charge on any atom is -0.493 e. The number of rotatable bonds is 7. The van der Waals surface area contributed by atoms with Gasteiger partial charge in [0.05, 0.1) is 32.6 Å². The Kier molecular flexibility index (Phi) is 5.43. The fraction of sp³-hybridized carbons (Fsp3) is 0.217. The Balaban J connectivity index is 1.72. The van der Waals surface area contributed by atoms with Crippen molar-refractivity contribution in [1.29, 1.82) is 0 Å². The molecule has 0 radical (unpaired) electrons. The van der Waals surface area contributed by atoms with Crippen LogP contribution < -0.4 is 19.5 Å². The molecular weight excluding hydrogens is 382 g/mol. The van der Waals surface area contributed by atoms with E-state index in [1.807, 2.05) is 42.5 Å². The van der Waals surface area contributed by atoms with Crippen molar-refractivity contribution in [2.45, 2.75) is 12.7 Å². The Morgan fingerprint density at radius 1 is 0.967 bits per heavy atom. The average Bonchev–Trinajstić information content (AvgIpc) is 3.05. The first kappa shape index (κ1) is 19.6. The number of carbonyl (C=O) groups is 1. The van der Waals surface area contributed by atoms with Crippen LogP contribution in [-0.2, 0) is 6.54 Å². The minimum atomic E-state index is -0.434. The van der Waals surface area contributed by atoms with Crippen molar-refractivity contribution >= 4 is 11.6 Å². The lowest BCUT2D eigenvalue weighted by Gasteiger charge is -2.27. The van der Waals surface area contributed by atoms with Crippen molar-refractivity contribution in [3.8, 4) is 17.2 Å². The predicted molar refractivity (Wildman–Crippen MR) is 113 cm³/mol. The van der Waals surface area contributed by atoms with Gasteiger partial charge in [0.1, 0.15) is 6.17 Å². The molecule has 1 atom stereocenters. The molecule has 0 aliphatic carbocycles. The molecule has 30 heavy (non-hydrogen) atoms. The molecule has 1 N–H and O–H groups in total. The van der Waals surface area contributed by atoms with Crippen LogP contribution in [-0.4, -0.2) is 37.1 Å². The second kappa shape index (κ2) is 8.32. The summed E-state index contributed by atoms with van der Waals surface area (Å²) < 4.78 is 16.3. The molecule has 1 unspecified atom stereocenters. The summed E-state index contributed by atoms with van der Waals surface area (Å²) in [5.41, 5.74) is 3.04. The summed E-state index contributed by atoms with van der Waals surface area (Å²) >= 11 is 0. The first-order valence-corrected chi connectivity index (χ1v) is 9.52. The van der Waals surface area contributed by atoms with Crippen molar-refractivity contribution in [2.75, 3.05) is 26.6 Å². The topological polar surface area (TPSA) is 72.9 Å². The lowest BCUT2D eigenvalue weighted by Crippen LogP contribution is -2.32. The predicted octanol–water partition coefficient (Wildman–Crippen LogP) is 3.87. The number of hydrogen-bond acceptors (Lipinski definition) is 6. The number of fused-ring (bicyclic) bond motifs is 1. The summed E-state index contributed by atoms with van der Waals surface area (Å²) in [6.07, 6.45) is 1.26. The summed E-state index contributed by atoms with van der Waals surface area (Å²) in [7, 11) is 4.70. The fourth-order valence-corrected chi connectivity index (χ4v) is 3.65. The number of aromatic nitrogens is 1. The van der Waals surface area contributed by atoms with Gasteiger partial charge in [-0.3, -0.25) is 9.78 Å². The molecule has 1 amide bonds. The first-order chi connectivity index (χ1) is 14.7. The standard InChI is InChI=1S/C23H23N3O4/c1-28-18-12-16(13-19(29-2)21(18)30-3)25-22-20-17(10-7-11-24-20)23(27)26(22)14-15-8-5-4-6-9-15/h4-13,22,25H,14H2,1-3H3. The van der Waals surface area contributed by atoms with Gasteiger partial charge in [-0.05, 0) is 17.7 Å². The molecular formula is C23H23N3O4. The van der Waals surface area contributed by atoms with E-state index in [0.29, 0.717) is 35.1 Å². The highest BCUT2D eigenvalue weighted by Gasteiger charge is 2.38. The zero-order valence-corrected chi connectivity index (χ0v) is 17.1. The maximum Gasteiger partial charge on any atom is 0.258 e. The Bertz CT molecular complexity index is 1030. The van der Waals surface area contributed by atoms with E-state index in [4.69, 9.17) is 14.2 Å². The molecule has 0 spiro atoms. The molecule has 0 saturated carbocycles. The summed E-state index contributed by atoms with van der Waals surface area (Å²) in [4.78, 5) is 19.4. The highest BCUT2D eigenvalue weighted by molar-refractivity contribution is 5.99. The normalized spacial score (nSPS) is 15.0.